The Morgan fingerprint density at radius 3 is 2.41 bits per heavy atom. The Kier molecular flexibility index (Phi) is 4.30. The smallest absolute Gasteiger partial charge is 0.422 e. The van der Waals surface area contributed by atoms with E-state index in [2.05, 4.69) is 9.46 Å². The van der Waals surface area contributed by atoms with Crippen LogP contribution in [0.15, 0.2) is 24.3 Å². The molecule has 1 aromatic carbocycles. The van der Waals surface area contributed by atoms with Gasteiger partial charge in [-0.2, -0.15) is 8.42 Å². The second kappa shape index (κ2) is 5.51. The van der Waals surface area contributed by atoms with Crippen molar-refractivity contribution in [1.82, 2.24) is 4.72 Å². The van der Waals surface area contributed by atoms with Gasteiger partial charge in [0.15, 0.2) is 0 Å². The van der Waals surface area contributed by atoms with E-state index in [9.17, 15) is 13.2 Å². The highest BCUT2D eigenvalue weighted by molar-refractivity contribution is 7.91. The van der Waals surface area contributed by atoms with Crippen LogP contribution in [-0.4, -0.2) is 21.6 Å². The van der Waals surface area contributed by atoms with Crippen molar-refractivity contribution in [3.63, 3.8) is 0 Å². The predicted octanol–water partition coefficient (Wildman–Crippen LogP) is 0.158. The quantitative estimate of drug-likeness (QED) is 0.713. The molecule has 0 radical (unpaired) electrons. The number of amides is 1. The molecule has 0 spiro atoms. The summed E-state index contributed by atoms with van der Waals surface area (Å²) in [6.07, 6.45) is -1.06. The number of rotatable bonds is 4. The standard InChI is InChI=1S/C9H13N3O4S/c1-16-9(13)12-17(14,15)11-8-4-2-7(6-10)3-5-8/h2-5,11H,6,10H2,1H3,(H,12,13). The monoisotopic (exact) mass is 259 g/mol. The van der Waals surface area contributed by atoms with Gasteiger partial charge >= 0.3 is 16.3 Å². The van der Waals surface area contributed by atoms with Crippen LogP contribution in [0.25, 0.3) is 0 Å². The molecule has 0 saturated heterocycles. The van der Waals surface area contributed by atoms with E-state index in [0.29, 0.717) is 12.2 Å². The fourth-order valence-electron chi connectivity index (χ4n) is 1.04. The number of nitrogens with two attached hydrogens (primary N) is 1. The minimum absolute atomic E-state index is 0.318. The topological polar surface area (TPSA) is 111 Å². The zero-order valence-electron chi connectivity index (χ0n) is 9.14. The van der Waals surface area contributed by atoms with Crippen molar-refractivity contribution in [2.75, 3.05) is 11.8 Å². The normalized spacial score (nSPS) is 10.7. The molecule has 4 N–H and O–H groups in total. The highest BCUT2D eigenvalue weighted by Crippen LogP contribution is 2.10. The fourth-order valence-corrected chi connectivity index (χ4v) is 1.84. The summed E-state index contributed by atoms with van der Waals surface area (Å²) in [5.41, 5.74) is 6.59. The minimum Gasteiger partial charge on any atom is -0.452 e. The summed E-state index contributed by atoms with van der Waals surface area (Å²) in [6.45, 7) is 0.368. The van der Waals surface area contributed by atoms with Crippen molar-refractivity contribution in [3.05, 3.63) is 29.8 Å². The molecule has 1 aromatic rings. The number of hydrogen-bond acceptors (Lipinski definition) is 5. The third kappa shape index (κ3) is 4.29. The lowest BCUT2D eigenvalue weighted by Crippen LogP contribution is -2.35. The number of anilines is 1. The van der Waals surface area contributed by atoms with E-state index in [1.165, 1.54) is 0 Å². The molecule has 8 heteroatoms. The van der Waals surface area contributed by atoms with Crippen LogP contribution in [-0.2, 0) is 21.5 Å². The van der Waals surface area contributed by atoms with E-state index in [1.54, 1.807) is 29.0 Å². The summed E-state index contributed by atoms with van der Waals surface area (Å²) in [7, 11) is -2.90. The van der Waals surface area contributed by atoms with Gasteiger partial charge in [-0.1, -0.05) is 12.1 Å². The summed E-state index contributed by atoms with van der Waals surface area (Å²) < 4.78 is 30.7. The van der Waals surface area contributed by atoms with Gasteiger partial charge in [-0.15, -0.1) is 0 Å². The van der Waals surface area contributed by atoms with Crippen molar-refractivity contribution in [3.8, 4) is 0 Å². The maximum atomic E-state index is 11.4. The van der Waals surface area contributed by atoms with Crippen molar-refractivity contribution < 1.29 is 17.9 Å². The van der Waals surface area contributed by atoms with Crippen LogP contribution in [0.5, 0.6) is 0 Å². The van der Waals surface area contributed by atoms with Crippen molar-refractivity contribution in [2.24, 2.45) is 5.73 Å². The van der Waals surface area contributed by atoms with Gasteiger partial charge in [-0.3, -0.25) is 4.72 Å². The van der Waals surface area contributed by atoms with Crippen LogP contribution in [0.2, 0.25) is 0 Å². The largest absolute Gasteiger partial charge is 0.452 e. The van der Waals surface area contributed by atoms with Gasteiger partial charge in [0.2, 0.25) is 0 Å². The average molecular weight is 259 g/mol. The van der Waals surface area contributed by atoms with Gasteiger partial charge in [0.1, 0.15) is 0 Å². The lowest BCUT2D eigenvalue weighted by Gasteiger charge is -2.08. The van der Waals surface area contributed by atoms with E-state index in [1.807, 2.05) is 0 Å². The second-order valence-electron chi connectivity index (χ2n) is 3.10. The molecule has 94 valence electrons. The minimum atomic E-state index is -3.97. The first-order valence-corrected chi connectivity index (χ1v) is 6.12. The molecule has 1 rings (SSSR count). The molecule has 0 saturated carbocycles. The van der Waals surface area contributed by atoms with Gasteiger partial charge in [-0.25, -0.2) is 9.52 Å². The molecular weight excluding hydrogens is 246 g/mol. The van der Waals surface area contributed by atoms with E-state index >= 15 is 0 Å². The molecule has 0 heterocycles. The van der Waals surface area contributed by atoms with Crippen LogP contribution in [0.4, 0.5) is 10.5 Å². The Labute approximate surface area is 99.1 Å². The molecule has 1 amide bonds. The van der Waals surface area contributed by atoms with Crippen molar-refractivity contribution in [2.45, 2.75) is 6.54 Å². The molecule has 0 aliphatic carbocycles. The van der Waals surface area contributed by atoms with Gasteiger partial charge in [0.05, 0.1) is 12.8 Å². The molecule has 0 unspecified atom stereocenters. The summed E-state index contributed by atoms with van der Waals surface area (Å²) in [4.78, 5) is 10.7. The third-order valence-electron chi connectivity index (χ3n) is 1.84. The molecule has 0 bridgehead atoms. The number of nitrogens with one attached hydrogen (secondary N) is 2. The Bertz CT molecular complexity index is 483. The molecule has 0 aliphatic rings. The number of ether oxygens (including phenoxy) is 1. The number of methoxy groups -OCH3 is 1. The molecule has 0 aliphatic heterocycles. The van der Waals surface area contributed by atoms with Gasteiger partial charge < -0.3 is 10.5 Å². The summed E-state index contributed by atoms with van der Waals surface area (Å²) >= 11 is 0. The third-order valence-corrected chi connectivity index (χ3v) is 2.78. The maximum absolute atomic E-state index is 11.4. The molecular formula is C9H13N3O4S. The predicted molar refractivity (Wildman–Crippen MR) is 62.4 cm³/mol. The summed E-state index contributed by atoms with van der Waals surface area (Å²) in [5.74, 6) is 0. The number of carbonyl (C=O) groups excluding carboxylic acids is 1. The van der Waals surface area contributed by atoms with E-state index < -0.39 is 16.3 Å². The summed E-state index contributed by atoms with van der Waals surface area (Å²) in [6, 6.07) is 6.43. The van der Waals surface area contributed by atoms with E-state index in [4.69, 9.17) is 5.73 Å². The number of carbonyl (C=O) groups is 1. The maximum Gasteiger partial charge on any atom is 0.422 e. The first-order chi connectivity index (χ1) is 7.96. The lowest BCUT2D eigenvalue weighted by molar-refractivity contribution is 0.177. The molecule has 7 nitrogen and oxygen atoms in total. The zero-order chi connectivity index (χ0) is 12.9. The number of hydrogen-bond donors (Lipinski definition) is 3. The van der Waals surface area contributed by atoms with Crippen molar-refractivity contribution >= 4 is 22.0 Å². The van der Waals surface area contributed by atoms with Crippen LogP contribution in [0.3, 0.4) is 0 Å². The zero-order valence-corrected chi connectivity index (χ0v) is 9.95. The average Bonchev–Trinajstić information content (AvgIpc) is 2.28. The van der Waals surface area contributed by atoms with Crippen LogP contribution in [0.1, 0.15) is 5.56 Å². The van der Waals surface area contributed by atoms with E-state index in [0.717, 1.165) is 12.7 Å². The Hall–Kier alpha value is -1.80. The lowest BCUT2D eigenvalue weighted by atomic mass is 10.2. The molecule has 0 aromatic heterocycles. The first kappa shape index (κ1) is 13.3. The summed E-state index contributed by atoms with van der Waals surface area (Å²) in [5, 5.41) is 0. The van der Waals surface area contributed by atoms with E-state index in [-0.39, 0.29) is 0 Å². The Morgan fingerprint density at radius 1 is 1.35 bits per heavy atom. The van der Waals surface area contributed by atoms with Gasteiger partial charge in [0, 0.05) is 6.54 Å². The van der Waals surface area contributed by atoms with Crippen LogP contribution < -0.4 is 15.2 Å². The van der Waals surface area contributed by atoms with Gasteiger partial charge in [-0.05, 0) is 17.7 Å². The molecule has 0 fully saturated rings. The Morgan fingerprint density at radius 2 is 1.94 bits per heavy atom. The Balaban J connectivity index is 2.72. The highest BCUT2D eigenvalue weighted by Gasteiger charge is 2.13. The van der Waals surface area contributed by atoms with Gasteiger partial charge in [0.25, 0.3) is 0 Å². The van der Waals surface area contributed by atoms with Crippen molar-refractivity contribution in [1.29, 1.82) is 0 Å². The molecule has 17 heavy (non-hydrogen) atoms. The molecule has 0 atom stereocenters. The highest BCUT2D eigenvalue weighted by atomic mass is 32.2. The number of benzene rings is 1. The van der Waals surface area contributed by atoms with Crippen LogP contribution >= 0.6 is 0 Å². The first-order valence-electron chi connectivity index (χ1n) is 4.64. The second-order valence-corrected chi connectivity index (χ2v) is 4.52. The van der Waals surface area contributed by atoms with Crippen LogP contribution in [0, 0.1) is 0 Å². The SMILES string of the molecule is COC(=O)NS(=O)(=O)Nc1ccc(CN)cc1. The fraction of sp³-hybridized carbons (Fsp3) is 0.222.